The number of ether oxygens (including phenoxy) is 2. The Morgan fingerprint density at radius 3 is 1.18 bits per heavy atom. The third-order valence-electron chi connectivity index (χ3n) is 4.00. The number of alkyl halides is 17. The molecule has 0 aliphatic carbocycles. The molecule has 0 bridgehead atoms. The summed E-state index contributed by atoms with van der Waals surface area (Å²) >= 11 is 0. The van der Waals surface area contributed by atoms with Gasteiger partial charge in [0.15, 0.2) is 0 Å². The molecule has 0 aromatic carbocycles. The summed E-state index contributed by atoms with van der Waals surface area (Å²) in [6.45, 7) is -1.47. The third kappa shape index (κ3) is 5.07. The maximum Gasteiger partial charge on any atom is 0.460 e. The van der Waals surface area contributed by atoms with Crippen LogP contribution in [0, 0.1) is 0 Å². The molecular formula is C14H13F17O2. The van der Waals surface area contributed by atoms with Crippen LogP contribution >= 0.6 is 0 Å². The molecule has 0 unspecified atom stereocenters. The van der Waals surface area contributed by atoms with E-state index in [4.69, 9.17) is 0 Å². The van der Waals surface area contributed by atoms with E-state index in [1.54, 1.807) is 0 Å². The number of rotatable bonds is 13. The lowest BCUT2D eigenvalue weighted by molar-refractivity contribution is -0.461. The summed E-state index contributed by atoms with van der Waals surface area (Å²) in [5.74, 6) is -56.1. The molecule has 0 heterocycles. The first-order valence-corrected chi connectivity index (χ1v) is 8.09. The van der Waals surface area contributed by atoms with Gasteiger partial charge in [-0.05, 0) is 6.42 Å². The average Bonchev–Trinajstić information content (AvgIpc) is 2.62. The quantitative estimate of drug-likeness (QED) is 0.199. The Morgan fingerprint density at radius 2 is 0.818 bits per heavy atom. The van der Waals surface area contributed by atoms with Gasteiger partial charge in [0, 0.05) is 20.1 Å². The highest BCUT2D eigenvalue weighted by Gasteiger charge is 2.95. The Balaban J connectivity index is 6.11. The average molecular weight is 536 g/mol. The smallest absolute Gasteiger partial charge is 0.382 e. The van der Waals surface area contributed by atoms with Gasteiger partial charge >= 0.3 is 47.6 Å². The Bertz CT molecular complexity index is 640. The second-order valence-electron chi connectivity index (χ2n) is 6.36. The van der Waals surface area contributed by atoms with Crippen molar-refractivity contribution >= 4 is 0 Å². The second-order valence-corrected chi connectivity index (χ2v) is 6.36. The molecule has 0 rings (SSSR count). The maximum absolute atomic E-state index is 13.5. The molecule has 0 atom stereocenters. The van der Waals surface area contributed by atoms with E-state index in [0.29, 0.717) is 0 Å². The molecule has 0 amide bonds. The fourth-order valence-electron chi connectivity index (χ4n) is 1.99. The fourth-order valence-corrected chi connectivity index (χ4v) is 1.99. The van der Waals surface area contributed by atoms with Crippen LogP contribution in [-0.4, -0.2) is 74.6 Å². The summed E-state index contributed by atoms with van der Waals surface area (Å²) in [6.07, 6.45) is -11.6. The van der Waals surface area contributed by atoms with Crippen molar-refractivity contribution in [3.63, 3.8) is 0 Å². The minimum atomic E-state index is -8.61. The molecule has 0 saturated heterocycles. The zero-order valence-electron chi connectivity index (χ0n) is 15.8. The van der Waals surface area contributed by atoms with Gasteiger partial charge in [0.1, 0.15) is 0 Å². The van der Waals surface area contributed by atoms with Crippen LogP contribution in [0.4, 0.5) is 74.6 Å². The first-order valence-electron chi connectivity index (χ1n) is 8.09. The Kier molecular flexibility index (Phi) is 9.05. The van der Waals surface area contributed by atoms with Gasteiger partial charge in [-0.15, -0.1) is 0 Å². The van der Waals surface area contributed by atoms with Crippen LogP contribution in [0.2, 0.25) is 0 Å². The van der Waals surface area contributed by atoms with E-state index in [9.17, 15) is 74.6 Å². The SMILES string of the molecule is COCCOCCCC(F)(F)C(F)(F)C(F)(F)C(F)(F)C(F)(F)C(F)(F)C(F)(F)C(F)(F)F. The molecule has 0 aliphatic rings. The van der Waals surface area contributed by atoms with Gasteiger partial charge in [-0.25, -0.2) is 0 Å². The molecule has 0 spiro atoms. The van der Waals surface area contributed by atoms with Gasteiger partial charge in [0.2, 0.25) is 0 Å². The highest BCUT2D eigenvalue weighted by molar-refractivity contribution is 5.15. The van der Waals surface area contributed by atoms with Crippen LogP contribution in [0.1, 0.15) is 12.8 Å². The number of hydrogen-bond acceptors (Lipinski definition) is 2. The van der Waals surface area contributed by atoms with Crippen LogP contribution < -0.4 is 0 Å². The normalized spacial score (nSPS) is 15.8. The summed E-state index contributed by atoms with van der Waals surface area (Å²) in [5.41, 5.74) is 0. The van der Waals surface area contributed by atoms with Gasteiger partial charge in [-0.1, -0.05) is 0 Å². The van der Waals surface area contributed by atoms with Crippen molar-refractivity contribution in [1.82, 2.24) is 0 Å². The second kappa shape index (κ2) is 9.41. The number of methoxy groups -OCH3 is 1. The lowest BCUT2D eigenvalue weighted by atomic mass is 9.88. The Labute approximate surface area is 173 Å². The highest BCUT2D eigenvalue weighted by atomic mass is 19.4. The Hall–Kier alpha value is -1.27. The third-order valence-corrected chi connectivity index (χ3v) is 4.00. The highest BCUT2D eigenvalue weighted by Crippen LogP contribution is 2.64. The maximum atomic E-state index is 13.5. The van der Waals surface area contributed by atoms with E-state index in [0.717, 1.165) is 7.11 Å². The van der Waals surface area contributed by atoms with E-state index in [1.165, 1.54) is 0 Å². The van der Waals surface area contributed by atoms with E-state index in [-0.39, 0.29) is 13.2 Å². The van der Waals surface area contributed by atoms with Gasteiger partial charge in [-0.2, -0.15) is 74.6 Å². The van der Waals surface area contributed by atoms with Crippen molar-refractivity contribution in [3.05, 3.63) is 0 Å². The van der Waals surface area contributed by atoms with Crippen LogP contribution in [-0.2, 0) is 9.47 Å². The predicted octanol–water partition coefficient (Wildman–Crippen LogP) is 6.44. The Morgan fingerprint density at radius 1 is 0.455 bits per heavy atom. The van der Waals surface area contributed by atoms with Crippen LogP contribution in [0.15, 0.2) is 0 Å². The molecule has 200 valence electrons. The van der Waals surface area contributed by atoms with Gasteiger partial charge in [0.25, 0.3) is 0 Å². The van der Waals surface area contributed by atoms with Crippen molar-refractivity contribution in [2.24, 2.45) is 0 Å². The topological polar surface area (TPSA) is 18.5 Å². The minimum Gasteiger partial charge on any atom is -0.382 e. The molecule has 0 aliphatic heterocycles. The zero-order chi connectivity index (χ0) is 26.9. The summed E-state index contributed by atoms with van der Waals surface area (Å²) < 4.78 is 230. The van der Waals surface area contributed by atoms with E-state index >= 15 is 0 Å². The molecule has 19 heteroatoms. The minimum absolute atomic E-state index is 0.178. The molecule has 0 saturated carbocycles. The van der Waals surface area contributed by atoms with Gasteiger partial charge in [-0.3, -0.25) is 0 Å². The van der Waals surface area contributed by atoms with E-state index < -0.39 is 67.1 Å². The molecule has 0 aromatic heterocycles. The fraction of sp³-hybridized carbons (Fsp3) is 1.00. The van der Waals surface area contributed by atoms with Crippen LogP contribution in [0.5, 0.6) is 0 Å². The van der Waals surface area contributed by atoms with Crippen molar-refractivity contribution in [3.8, 4) is 0 Å². The van der Waals surface area contributed by atoms with Crippen LogP contribution in [0.3, 0.4) is 0 Å². The van der Waals surface area contributed by atoms with Gasteiger partial charge < -0.3 is 9.47 Å². The van der Waals surface area contributed by atoms with Crippen LogP contribution in [0.25, 0.3) is 0 Å². The summed E-state index contributed by atoms with van der Waals surface area (Å²) in [6, 6.07) is 0. The standard InChI is InChI=1S/C14H13F17O2/c1-32-5-6-33-4-2-3-7(15,16)8(17,18)9(19,20)10(21,22)11(23,24)12(25,26)13(27,28)14(29,30)31/h2-6H2,1H3. The molecule has 0 aromatic rings. The van der Waals surface area contributed by atoms with E-state index in [2.05, 4.69) is 9.47 Å². The monoisotopic (exact) mass is 536 g/mol. The molecule has 2 nitrogen and oxygen atoms in total. The molecule has 0 N–H and O–H groups in total. The molecule has 0 fully saturated rings. The predicted molar refractivity (Wildman–Crippen MR) is 72.6 cm³/mol. The largest absolute Gasteiger partial charge is 0.460 e. The summed E-state index contributed by atoms with van der Waals surface area (Å²) in [4.78, 5) is 0. The number of halogens is 17. The van der Waals surface area contributed by atoms with Gasteiger partial charge in [0.05, 0.1) is 13.2 Å². The first-order chi connectivity index (χ1) is 14.3. The van der Waals surface area contributed by atoms with Crippen molar-refractivity contribution in [1.29, 1.82) is 0 Å². The zero-order valence-corrected chi connectivity index (χ0v) is 15.8. The lowest BCUT2D eigenvalue weighted by Gasteiger charge is -2.42. The van der Waals surface area contributed by atoms with Crippen molar-refractivity contribution < 1.29 is 84.1 Å². The van der Waals surface area contributed by atoms with Crippen molar-refractivity contribution in [2.45, 2.75) is 60.5 Å². The molecule has 0 radical (unpaired) electrons. The molecular weight excluding hydrogens is 523 g/mol. The molecule has 33 heavy (non-hydrogen) atoms. The number of hydrogen-bond donors (Lipinski definition) is 0. The summed E-state index contributed by atoms with van der Waals surface area (Å²) in [5, 5.41) is 0. The van der Waals surface area contributed by atoms with E-state index in [1.807, 2.05) is 0 Å². The summed E-state index contributed by atoms with van der Waals surface area (Å²) in [7, 11) is 1.13. The van der Waals surface area contributed by atoms with Crippen molar-refractivity contribution in [2.75, 3.05) is 26.9 Å². The lowest BCUT2D eigenvalue weighted by Crippen LogP contribution is -2.74. The first kappa shape index (κ1) is 31.7.